The largest absolute Gasteiger partial charge is 0.490 e. The van der Waals surface area contributed by atoms with E-state index in [1.807, 2.05) is 0 Å². The monoisotopic (exact) mass is 180 g/mol. The van der Waals surface area contributed by atoms with Crippen LogP contribution in [-0.2, 0) is 0 Å². The van der Waals surface area contributed by atoms with Crippen molar-refractivity contribution in [3.8, 4) is 5.75 Å². The summed E-state index contributed by atoms with van der Waals surface area (Å²) >= 11 is 0. The van der Waals surface area contributed by atoms with Gasteiger partial charge in [-0.15, -0.1) is 0 Å². The van der Waals surface area contributed by atoms with Gasteiger partial charge in [0.15, 0.2) is 5.75 Å². The fourth-order valence-corrected chi connectivity index (χ4v) is 1.89. The average molecular weight is 180 g/mol. The summed E-state index contributed by atoms with van der Waals surface area (Å²) in [5.41, 5.74) is 0. The van der Waals surface area contributed by atoms with Gasteiger partial charge in [-0.1, -0.05) is 19.3 Å². The molecule has 1 aliphatic carbocycles. The Labute approximate surface area is 78.5 Å². The van der Waals surface area contributed by atoms with Crippen LogP contribution in [0.25, 0.3) is 0 Å². The fourth-order valence-electron chi connectivity index (χ4n) is 1.89. The second-order valence-electron chi connectivity index (χ2n) is 3.75. The maximum atomic E-state index is 5.59. The standard InChI is InChI=1S/C10H16N2O/c1-2-4-9(5-3-1)8-13-10-6-11-12-7-10/h6-7,9H,1-5,8H2,(H,11,12). The van der Waals surface area contributed by atoms with Crippen LogP contribution < -0.4 is 4.74 Å². The Hall–Kier alpha value is -0.990. The number of rotatable bonds is 3. The van der Waals surface area contributed by atoms with Gasteiger partial charge in [-0.3, -0.25) is 5.10 Å². The van der Waals surface area contributed by atoms with Crippen molar-refractivity contribution in [2.75, 3.05) is 6.61 Å². The second kappa shape index (κ2) is 4.30. The van der Waals surface area contributed by atoms with Crippen molar-refractivity contribution in [1.29, 1.82) is 0 Å². The molecule has 0 saturated heterocycles. The molecule has 1 aliphatic rings. The Morgan fingerprint density at radius 3 is 2.92 bits per heavy atom. The summed E-state index contributed by atoms with van der Waals surface area (Å²) in [4.78, 5) is 0. The van der Waals surface area contributed by atoms with E-state index in [4.69, 9.17) is 4.74 Å². The van der Waals surface area contributed by atoms with Gasteiger partial charge in [-0.2, -0.15) is 5.10 Å². The minimum atomic E-state index is 0.767. The summed E-state index contributed by atoms with van der Waals surface area (Å²) in [7, 11) is 0. The molecular weight excluding hydrogens is 164 g/mol. The highest BCUT2D eigenvalue weighted by atomic mass is 16.5. The van der Waals surface area contributed by atoms with Crippen LogP contribution in [0, 0.1) is 5.92 Å². The molecule has 72 valence electrons. The van der Waals surface area contributed by atoms with Crippen LogP contribution in [0.4, 0.5) is 0 Å². The minimum Gasteiger partial charge on any atom is -0.490 e. The molecule has 3 heteroatoms. The molecule has 0 unspecified atom stereocenters. The van der Waals surface area contributed by atoms with Crippen LogP contribution in [0.5, 0.6) is 5.75 Å². The van der Waals surface area contributed by atoms with E-state index in [-0.39, 0.29) is 0 Å². The first-order chi connectivity index (χ1) is 6.45. The van der Waals surface area contributed by atoms with Gasteiger partial charge in [0, 0.05) is 0 Å². The lowest BCUT2D eigenvalue weighted by Gasteiger charge is -2.20. The molecule has 1 N–H and O–H groups in total. The zero-order valence-corrected chi connectivity index (χ0v) is 7.83. The van der Waals surface area contributed by atoms with Crippen molar-refractivity contribution >= 4 is 0 Å². The van der Waals surface area contributed by atoms with E-state index >= 15 is 0 Å². The van der Waals surface area contributed by atoms with E-state index < -0.39 is 0 Å². The highest BCUT2D eigenvalue weighted by Crippen LogP contribution is 2.24. The smallest absolute Gasteiger partial charge is 0.156 e. The van der Waals surface area contributed by atoms with Crippen molar-refractivity contribution in [2.24, 2.45) is 5.92 Å². The van der Waals surface area contributed by atoms with E-state index in [1.54, 1.807) is 12.4 Å². The molecule has 0 bridgehead atoms. The molecule has 1 aromatic heterocycles. The summed E-state index contributed by atoms with van der Waals surface area (Å²) in [5, 5.41) is 6.58. The summed E-state index contributed by atoms with van der Waals surface area (Å²) in [6, 6.07) is 0. The number of hydrogen-bond donors (Lipinski definition) is 1. The Morgan fingerprint density at radius 1 is 1.38 bits per heavy atom. The molecular formula is C10H16N2O. The van der Waals surface area contributed by atoms with E-state index in [1.165, 1.54) is 32.1 Å². The maximum Gasteiger partial charge on any atom is 0.156 e. The van der Waals surface area contributed by atoms with Crippen molar-refractivity contribution < 1.29 is 4.74 Å². The van der Waals surface area contributed by atoms with Crippen LogP contribution >= 0.6 is 0 Å². The quantitative estimate of drug-likeness (QED) is 0.775. The number of nitrogens with zero attached hydrogens (tertiary/aromatic N) is 1. The predicted octanol–water partition coefficient (Wildman–Crippen LogP) is 2.37. The minimum absolute atomic E-state index is 0.767. The lowest BCUT2D eigenvalue weighted by Crippen LogP contribution is -2.14. The molecule has 1 fully saturated rings. The van der Waals surface area contributed by atoms with Gasteiger partial charge in [0.1, 0.15) is 0 Å². The Balaban J connectivity index is 1.72. The topological polar surface area (TPSA) is 37.9 Å². The van der Waals surface area contributed by atoms with E-state index in [2.05, 4.69) is 10.2 Å². The summed E-state index contributed by atoms with van der Waals surface area (Å²) < 4.78 is 5.59. The van der Waals surface area contributed by atoms with Gasteiger partial charge in [0.05, 0.1) is 19.0 Å². The SMILES string of the molecule is c1n[nH]cc1OCC1CCCCC1. The molecule has 0 aromatic carbocycles. The van der Waals surface area contributed by atoms with E-state index in [0.29, 0.717) is 0 Å². The molecule has 0 amide bonds. The van der Waals surface area contributed by atoms with Crippen molar-refractivity contribution in [2.45, 2.75) is 32.1 Å². The van der Waals surface area contributed by atoms with E-state index in [9.17, 15) is 0 Å². The van der Waals surface area contributed by atoms with Gasteiger partial charge in [0.25, 0.3) is 0 Å². The first kappa shape index (κ1) is 8.60. The van der Waals surface area contributed by atoms with Crippen LogP contribution in [0.3, 0.4) is 0 Å². The lowest BCUT2D eigenvalue weighted by molar-refractivity contribution is 0.209. The third-order valence-electron chi connectivity index (χ3n) is 2.68. The molecule has 0 aliphatic heterocycles. The molecule has 0 spiro atoms. The molecule has 1 heterocycles. The molecule has 3 nitrogen and oxygen atoms in total. The van der Waals surface area contributed by atoms with Crippen LogP contribution in [0.1, 0.15) is 32.1 Å². The molecule has 2 rings (SSSR count). The number of nitrogens with one attached hydrogen (secondary N) is 1. The van der Waals surface area contributed by atoms with Gasteiger partial charge >= 0.3 is 0 Å². The Kier molecular flexibility index (Phi) is 2.85. The summed E-state index contributed by atoms with van der Waals surface area (Å²) in [6.45, 7) is 0.861. The highest BCUT2D eigenvalue weighted by molar-refractivity contribution is 5.09. The molecule has 1 aromatic rings. The number of aromatic nitrogens is 2. The third kappa shape index (κ3) is 2.47. The Morgan fingerprint density at radius 2 is 2.23 bits per heavy atom. The van der Waals surface area contributed by atoms with Crippen LogP contribution in [0.15, 0.2) is 12.4 Å². The third-order valence-corrected chi connectivity index (χ3v) is 2.68. The first-order valence-electron chi connectivity index (χ1n) is 5.07. The van der Waals surface area contributed by atoms with Crippen LogP contribution in [0.2, 0.25) is 0 Å². The van der Waals surface area contributed by atoms with E-state index in [0.717, 1.165) is 18.3 Å². The average Bonchev–Trinajstić information content (AvgIpc) is 2.69. The maximum absolute atomic E-state index is 5.59. The van der Waals surface area contributed by atoms with Crippen molar-refractivity contribution in [3.05, 3.63) is 12.4 Å². The van der Waals surface area contributed by atoms with Crippen molar-refractivity contribution in [1.82, 2.24) is 10.2 Å². The molecule has 1 saturated carbocycles. The number of ether oxygens (including phenoxy) is 1. The predicted molar refractivity (Wildman–Crippen MR) is 50.7 cm³/mol. The lowest BCUT2D eigenvalue weighted by atomic mass is 9.90. The van der Waals surface area contributed by atoms with Gasteiger partial charge in [-0.05, 0) is 18.8 Å². The summed E-state index contributed by atoms with van der Waals surface area (Å²) in [6.07, 6.45) is 10.3. The fraction of sp³-hybridized carbons (Fsp3) is 0.700. The van der Waals surface area contributed by atoms with Gasteiger partial charge in [-0.25, -0.2) is 0 Å². The zero-order valence-electron chi connectivity index (χ0n) is 7.83. The zero-order chi connectivity index (χ0) is 8.93. The molecule has 13 heavy (non-hydrogen) atoms. The van der Waals surface area contributed by atoms with Gasteiger partial charge in [0.2, 0.25) is 0 Å². The number of hydrogen-bond acceptors (Lipinski definition) is 2. The first-order valence-corrected chi connectivity index (χ1v) is 5.07. The van der Waals surface area contributed by atoms with Crippen LogP contribution in [-0.4, -0.2) is 16.8 Å². The Bertz CT molecular complexity index is 227. The molecule has 0 atom stereocenters. The number of H-pyrrole nitrogens is 1. The van der Waals surface area contributed by atoms with Crippen molar-refractivity contribution in [3.63, 3.8) is 0 Å². The summed E-state index contributed by atoms with van der Waals surface area (Å²) in [5.74, 6) is 1.63. The van der Waals surface area contributed by atoms with Gasteiger partial charge < -0.3 is 4.74 Å². The number of aromatic amines is 1. The normalized spacial score (nSPS) is 18.8. The highest BCUT2D eigenvalue weighted by Gasteiger charge is 2.13. The second-order valence-corrected chi connectivity index (χ2v) is 3.75. The molecule has 0 radical (unpaired) electrons.